The summed E-state index contributed by atoms with van der Waals surface area (Å²) in [5, 5.41) is 0. The van der Waals surface area contributed by atoms with Crippen LogP contribution in [0.1, 0.15) is 32.6 Å². The van der Waals surface area contributed by atoms with E-state index in [0.29, 0.717) is 0 Å². The second-order valence-electron chi connectivity index (χ2n) is 3.18. The molecule has 0 unspecified atom stereocenters. The molecule has 2 nitrogen and oxygen atoms in total. The summed E-state index contributed by atoms with van der Waals surface area (Å²) < 4.78 is 11.2. The van der Waals surface area contributed by atoms with E-state index in [-0.39, 0.29) is 5.79 Å². The molecule has 1 saturated heterocycles. The third-order valence-electron chi connectivity index (χ3n) is 2.17. The Hall–Kier alpha value is -0.340. The van der Waals surface area contributed by atoms with Gasteiger partial charge in [-0.2, -0.15) is 0 Å². The van der Waals surface area contributed by atoms with Crippen molar-refractivity contribution in [2.24, 2.45) is 0 Å². The average molecular weight is 170 g/mol. The number of allylic oxidation sites excluding steroid dienone is 1. The molecule has 1 heterocycles. The first-order valence-corrected chi connectivity index (χ1v) is 4.72. The molecule has 0 aromatic heterocycles. The second-order valence-corrected chi connectivity index (χ2v) is 3.18. The van der Waals surface area contributed by atoms with Gasteiger partial charge in [0.2, 0.25) is 0 Å². The monoisotopic (exact) mass is 170 g/mol. The third-order valence-corrected chi connectivity index (χ3v) is 2.17. The van der Waals surface area contributed by atoms with E-state index >= 15 is 0 Å². The Labute approximate surface area is 74.6 Å². The lowest BCUT2D eigenvalue weighted by molar-refractivity contribution is -0.166. The Morgan fingerprint density at radius 2 is 2.00 bits per heavy atom. The summed E-state index contributed by atoms with van der Waals surface area (Å²) in [7, 11) is 0. The lowest BCUT2D eigenvalue weighted by Gasteiger charge is -2.26. The minimum atomic E-state index is -0.275. The summed E-state index contributed by atoms with van der Waals surface area (Å²) in [6.07, 6.45) is 5.95. The molecule has 0 aromatic rings. The van der Waals surface area contributed by atoms with Crippen LogP contribution >= 0.6 is 0 Å². The van der Waals surface area contributed by atoms with Crippen molar-refractivity contribution in [1.82, 2.24) is 0 Å². The van der Waals surface area contributed by atoms with E-state index < -0.39 is 0 Å². The summed E-state index contributed by atoms with van der Waals surface area (Å²) in [6.45, 7) is 7.35. The van der Waals surface area contributed by atoms with Crippen LogP contribution in [-0.4, -0.2) is 19.0 Å². The first kappa shape index (κ1) is 9.75. The number of hydrogen-bond acceptors (Lipinski definition) is 2. The first-order valence-electron chi connectivity index (χ1n) is 4.72. The largest absolute Gasteiger partial charge is 0.348 e. The topological polar surface area (TPSA) is 18.5 Å². The summed E-state index contributed by atoms with van der Waals surface area (Å²) in [6, 6.07) is 0. The molecule has 1 aliphatic heterocycles. The number of rotatable bonds is 5. The molecule has 0 N–H and O–H groups in total. The molecule has 0 bridgehead atoms. The van der Waals surface area contributed by atoms with Crippen LogP contribution in [-0.2, 0) is 9.47 Å². The van der Waals surface area contributed by atoms with Crippen molar-refractivity contribution >= 4 is 0 Å². The predicted molar refractivity (Wildman–Crippen MR) is 49.0 cm³/mol. The van der Waals surface area contributed by atoms with Crippen LogP contribution in [0.25, 0.3) is 0 Å². The predicted octanol–water partition coefficient (Wildman–Crippen LogP) is 2.50. The van der Waals surface area contributed by atoms with Crippen molar-refractivity contribution < 1.29 is 9.47 Å². The minimum Gasteiger partial charge on any atom is -0.348 e. The zero-order chi connectivity index (χ0) is 8.86. The molecule has 1 rings (SSSR count). The molecule has 0 spiro atoms. The van der Waals surface area contributed by atoms with Gasteiger partial charge in [-0.15, -0.1) is 6.58 Å². The minimum absolute atomic E-state index is 0.275. The molecule has 70 valence electrons. The van der Waals surface area contributed by atoms with Crippen molar-refractivity contribution in [3.63, 3.8) is 0 Å². The fourth-order valence-electron chi connectivity index (χ4n) is 1.61. The van der Waals surface area contributed by atoms with Gasteiger partial charge in [-0.05, 0) is 6.42 Å². The van der Waals surface area contributed by atoms with Crippen LogP contribution < -0.4 is 0 Å². The van der Waals surface area contributed by atoms with Gasteiger partial charge >= 0.3 is 0 Å². The van der Waals surface area contributed by atoms with Crippen LogP contribution in [0.5, 0.6) is 0 Å². The normalized spacial score (nSPS) is 21.1. The SMILES string of the molecule is C=CCCC1(CCC)OCCO1. The molecule has 0 atom stereocenters. The van der Waals surface area contributed by atoms with Gasteiger partial charge in [0.1, 0.15) is 0 Å². The summed E-state index contributed by atoms with van der Waals surface area (Å²) in [4.78, 5) is 0. The molecule has 1 aliphatic rings. The maximum atomic E-state index is 5.61. The summed E-state index contributed by atoms with van der Waals surface area (Å²) in [5.41, 5.74) is 0. The average Bonchev–Trinajstić information content (AvgIpc) is 2.51. The van der Waals surface area contributed by atoms with Gasteiger partial charge in [0.15, 0.2) is 5.79 Å². The van der Waals surface area contributed by atoms with Gasteiger partial charge in [0.05, 0.1) is 13.2 Å². The standard InChI is InChI=1S/C10H18O2/c1-3-5-7-10(6-4-2)11-8-9-12-10/h3H,1,4-9H2,2H3. The number of ether oxygens (including phenoxy) is 2. The first-order chi connectivity index (χ1) is 5.83. The van der Waals surface area contributed by atoms with Crippen molar-refractivity contribution in [3.05, 3.63) is 12.7 Å². The van der Waals surface area contributed by atoms with Gasteiger partial charge in [0, 0.05) is 12.8 Å². The summed E-state index contributed by atoms with van der Waals surface area (Å²) in [5.74, 6) is -0.275. The van der Waals surface area contributed by atoms with Crippen LogP contribution in [0.2, 0.25) is 0 Å². The molecular weight excluding hydrogens is 152 g/mol. The molecule has 0 aromatic carbocycles. The Morgan fingerprint density at radius 3 is 2.50 bits per heavy atom. The molecule has 0 amide bonds. The third kappa shape index (κ3) is 2.32. The lowest BCUT2D eigenvalue weighted by atomic mass is 10.1. The Kier molecular flexibility index (Phi) is 3.76. The Morgan fingerprint density at radius 1 is 1.33 bits per heavy atom. The Bertz CT molecular complexity index is 137. The van der Waals surface area contributed by atoms with Crippen LogP contribution in [0, 0.1) is 0 Å². The maximum Gasteiger partial charge on any atom is 0.168 e. The molecular formula is C10H18O2. The van der Waals surface area contributed by atoms with Gasteiger partial charge in [-0.3, -0.25) is 0 Å². The molecule has 0 aliphatic carbocycles. The van der Waals surface area contributed by atoms with E-state index in [1.165, 1.54) is 0 Å². The van der Waals surface area contributed by atoms with E-state index in [9.17, 15) is 0 Å². The molecule has 1 fully saturated rings. The smallest absolute Gasteiger partial charge is 0.168 e. The quantitative estimate of drug-likeness (QED) is 0.590. The highest BCUT2D eigenvalue weighted by atomic mass is 16.7. The Balaban J connectivity index is 2.40. The van der Waals surface area contributed by atoms with Crippen LogP contribution in [0.3, 0.4) is 0 Å². The van der Waals surface area contributed by atoms with Crippen LogP contribution in [0.4, 0.5) is 0 Å². The van der Waals surface area contributed by atoms with E-state index in [2.05, 4.69) is 13.5 Å². The van der Waals surface area contributed by atoms with Crippen molar-refractivity contribution in [2.45, 2.75) is 38.4 Å². The van der Waals surface area contributed by atoms with E-state index in [4.69, 9.17) is 9.47 Å². The van der Waals surface area contributed by atoms with Crippen molar-refractivity contribution in [3.8, 4) is 0 Å². The second kappa shape index (κ2) is 4.63. The van der Waals surface area contributed by atoms with Gasteiger partial charge in [-0.25, -0.2) is 0 Å². The highest BCUT2D eigenvalue weighted by molar-refractivity contribution is 4.78. The fourth-order valence-corrected chi connectivity index (χ4v) is 1.61. The molecule has 2 heteroatoms. The van der Waals surface area contributed by atoms with Gasteiger partial charge in [-0.1, -0.05) is 19.4 Å². The number of hydrogen-bond donors (Lipinski definition) is 0. The van der Waals surface area contributed by atoms with Gasteiger partial charge < -0.3 is 9.47 Å². The lowest BCUT2D eigenvalue weighted by Crippen LogP contribution is -2.29. The van der Waals surface area contributed by atoms with E-state index in [1.54, 1.807) is 0 Å². The fraction of sp³-hybridized carbons (Fsp3) is 0.800. The zero-order valence-electron chi connectivity index (χ0n) is 7.84. The summed E-state index contributed by atoms with van der Waals surface area (Å²) >= 11 is 0. The van der Waals surface area contributed by atoms with E-state index in [0.717, 1.165) is 38.9 Å². The van der Waals surface area contributed by atoms with Crippen LogP contribution in [0.15, 0.2) is 12.7 Å². The van der Waals surface area contributed by atoms with Gasteiger partial charge in [0.25, 0.3) is 0 Å². The van der Waals surface area contributed by atoms with Crippen molar-refractivity contribution in [1.29, 1.82) is 0 Å². The molecule has 0 saturated carbocycles. The molecule has 0 radical (unpaired) electrons. The maximum absolute atomic E-state index is 5.61. The molecule has 12 heavy (non-hydrogen) atoms. The zero-order valence-corrected chi connectivity index (χ0v) is 7.84. The highest BCUT2D eigenvalue weighted by Crippen LogP contribution is 2.29. The van der Waals surface area contributed by atoms with E-state index in [1.807, 2.05) is 6.08 Å². The highest BCUT2D eigenvalue weighted by Gasteiger charge is 2.34. The van der Waals surface area contributed by atoms with Crippen molar-refractivity contribution in [2.75, 3.05) is 13.2 Å².